The summed E-state index contributed by atoms with van der Waals surface area (Å²) in [4.78, 5) is 0. The van der Waals surface area contributed by atoms with E-state index in [-0.39, 0.29) is 0 Å². The molecule has 0 heteroatoms. The number of benzene rings is 10. The summed E-state index contributed by atoms with van der Waals surface area (Å²) >= 11 is 0. The van der Waals surface area contributed by atoms with E-state index in [4.69, 9.17) is 0 Å². The Morgan fingerprint density at radius 3 is 1.35 bits per heavy atom. The molecule has 0 N–H and O–H groups in total. The maximum absolute atomic E-state index is 2.42. The van der Waals surface area contributed by atoms with Crippen molar-refractivity contribution >= 4 is 43.1 Å². The van der Waals surface area contributed by atoms with Gasteiger partial charge < -0.3 is 0 Å². The molecule has 0 bridgehead atoms. The third-order valence-corrected chi connectivity index (χ3v) is 11.3. The minimum absolute atomic E-state index is 1.22. The predicted molar refractivity (Wildman–Crippen MR) is 233 cm³/mol. The smallest absolute Gasteiger partial charge is 0.00262 e. The molecule has 0 aliphatic rings. The van der Waals surface area contributed by atoms with Crippen LogP contribution in [0, 0.1) is 13.8 Å². The summed E-state index contributed by atoms with van der Waals surface area (Å²) in [5.41, 5.74) is 15.1. The van der Waals surface area contributed by atoms with Crippen molar-refractivity contribution in [1.29, 1.82) is 0 Å². The lowest BCUT2D eigenvalue weighted by molar-refractivity contribution is 1.42. The summed E-state index contributed by atoms with van der Waals surface area (Å²) in [6, 6.07) is 71.6. The number of aryl methyl sites for hydroxylation is 1. The molecule has 0 unspecified atom stereocenters. The third-order valence-electron chi connectivity index (χ3n) is 11.3. The minimum Gasteiger partial charge on any atom is -0.0620 e. The van der Waals surface area contributed by atoms with E-state index in [9.17, 15) is 0 Å². The van der Waals surface area contributed by atoms with E-state index < -0.39 is 0 Å². The van der Waals surface area contributed by atoms with Crippen molar-refractivity contribution in [1.82, 2.24) is 0 Å². The van der Waals surface area contributed by atoms with Gasteiger partial charge in [0.1, 0.15) is 0 Å². The van der Waals surface area contributed by atoms with E-state index in [1.165, 1.54) is 110 Å². The Labute approximate surface area is 316 Å². The highest BCUT2D eigenvalue weighted by molar-refractivity contribution is 6.21. The molecule has 0 saturated carbocycles. The van der Waals surface area contributed by atoms with Crippen LogP contribution >= 0.6 is 0 Å². The van der Waals surface area contributed by atoms with E-state index in [1.54, 1.807) is 0 Å². The molecule has 0 heterocycles. The zero-order valence-corrected chi connectivity index (χ0v) is 30.5. The molecule has 0 fully saturated rings. The number of fused-ring (bicyclic) bond motifs is 4. The van der Waals surface area contributed by atoms with E-state index in [1.807, 2.05) is 0 Å². The van der Waals surface area contributed by atoms with Gasteiger partial charge in [0.2, 0.25) is 0 Å². The number of hydrogen-bond donors (Lipinski definition) is 0. The molecule has 0 nitrogen and oxygen atoms in total. The maximum Gasteiger partial charge on any atom is -0.00262 e. The van der Waals surface area contributed by atoms with Crippen LogP contribution in [0.1, 0.15) is 11.1 Å². The van der Waals surface area contributed by atoms with Gasteiger partial charge in [-0.15, -0.1) is 0 Å². The summed E-state index contributed by atoms with van der Waals surface area (Å²) in [7, 11) is 0. The van der Waals surface area contributed by atoms with E-state index in [2.05, 4.69) is 208 Å². The topological polar surface area (TPSA) is 0 Å². The highest BCUT2D eigenvalue weighted by atomic mass is 14.2. The zero-order valence-electron chi connectivity index (χ0n) is 30.5. The molecule has 0 amide bonds. The molecule has 54 heavy (non-hydrogen) atoms. The monoisotopic (exact) mass is 686 g/mol. The van der Waals surface area contributed by atoms with Gasteiger partial charge in [0.15, 0.2) is 0 Å². The van der Waals surface area contributed by atoms with Gasteiger partial charge in [-0.25, -0.2) is 0 Å². The molecule has 0 radical (unpaired) electrons. The summed E-state index contributed by atoms with van der Waals surface area (Å²) in [5.74, 6) is 0. The van der Waals surface area contributed by atoms with E-state index in [0.717, 1.165) is 0 Å². The predicted octanol–water partition coefficient (Wildman–Crippen LogP) is 15.3. The van der Waals surface area contributed by atoms with Crippen LogP contribution in [0.25, 0.3) is 98.7 Å². The Kier molecular flexibility index (Phi) is 7.70. The Morgan fingerprint density at radius 2 is 0.722 bits per heavy atom. The van der Waals surface area contributed by atoms with Gasteiger partial charge in [-0.3, -0.25) is 0 Å². The quantitative estimate of drug-likeness (QED) is 0.158. The summed E-state index contributed by atoms with van der Waals surface area (Å²) in [5, 5.41) is 10.1. The largest absolute Gasteiger partial charge is 0.0620 e. The van der Waals surface area contributed by atoms with Crippen LogP contribution in [0.5, 0.6) is 0 Å². The second-order valence-corrected chi connectivity index (χ2v) is 14.5. The molecular weight excluding hydrogens is 649 g/mol. The standard InChI is InChI=1S/C54H38/c1-35-15-3-7-23-45(35)51-34-41-18-6-8-24-46(41)52(36(51)2)42-20-14-22-44(33-42)54-49-27-11-9-25-47(49)53(48-26-10-12-28-50(48)54)43-21-13-19-39(32-43)40-30-29-37-16-4-5-17-38(37)31-40/h3-34H,1-2H3. The first-order chi connectivity index (χ1) is 26.6. The van der Waals surface area contributed by atoms with Crippen LogP contribution in [-0.4, -0.2) is 0 Å². The third kappa shape index (κ3) is 5.30. The Bertz CT molecular complexity index is 3010. The second-order valence-electron chi connectivity index (χ2n) is 14.5. The molecule has 0 aliphatic carbocycles. The molecule has 10 aromatic carbocycles. The number of hydrogen-bond acceptors (Lipinski definition) is 0. The fraction of sp³-hybridized carbons (Fsp3) is 0.0370. The van der Waals surface area contributed by atoms with Gasteiger partial charge in [-0.2, -0.15) is 0 Å². The van der Waals surface area contributed by atoms with Crippen molar-refractivity contribution in [2.75, 3.05) is 0 Å². The fourth-order valence-electron chi connectivity index (χ4n) is 8.78. The molecule has 10 rings (SSSR count). The van der Waals surface area contributed by atoms with Crippen molar-refractivity contribution in [2.45, 2.75) is 13.8 Å². The van der Waals surface area contributed by atoms with Crippen LogP contribution < -0.4 is 0 Å². The van der Waals surface area contributed by atoms with Crippen molar-refractivity contribution in [3.8, 4) is 55.6 Å². The highest BCUT2D eigenvalue weighted by Gasteiger charge is 2.19. The van der Waals surface area contributed by atoms with Gasteiger partial charge in [-0.1, -0.05) is 170 Å². The van der Waals surface area contributed by atoms with Gasteiger partial charge in [0.25, 0.3) is 0 Å². The Balaban J connectivity index is 1.18. The van der Waals surface area contributed by atoms with E-state index >= 15 is 0 Å². The molecule has 0 atom stereocenters. The first kappa shape index (κ1) is 31.9. The molecular formula is C54H38. The SMILES string of the molecule is Cc1ccccc1-c1cc2ccccc2c(-c2cccc(-c3c4ccccc4c(-c4cccc(-c5ccc6ccccc6c5)c4)c4ccccc34)c2)c1C. The summed E-state index contributed by atoms with van der Waals surface area (Å²) < 4.78 is 0. The molecule has 0 aliphatic heterocycles. The normalized spacial score (nSPS) is 11.5. The van der Waals surface area contributed by atoms with Crippen molar-refractivity contribution < 1.29 is 0 Å². The van der Waals surface area contributed by atoms with Gasteiger partial charge in [0.05, 0.1) is 0 Å². The lowest BCUT2D eigenvalue weighted by Gasteiger charge is -2.20. The minimum atomic E-state index is 1.22. The lowest BCUT2D eigenvalue weighted by atomic mass is 9.83. The van der Waals surface area contributed by atoms with Crippen LogP contribution in [-0.2, 0) is 0 Å². The van der Waals surface area contributed by atoms with Crippen molar-refractivity contribution in [2.24, 2.45) is 0 Å². The van der Waals surface area contributed by atoms with Crippen LogP contribution in [0.15, 0.2) is 194 Å². The summed E-state index contributed by atoms with van der Waals surface area (Å²) in [6.45, 7) is 4.51. The lowest BCUT2D eigenvalue weighted by Crippen LogP contribution is -1.94. The molecule has 10 aromatic rings. The Hall–Kier alpha value is -6.76. The Morgan fingerprint density at radius 1 is 0.259 bits per heavy atom. The summed E-state index contributed by atoms with van der Waals surface area (Å²) in [6.07, 6.45) is 0. The average molecular weight is 687 g/mol. The maximum atomic E-state index is 2.42. The van der Waals surface area contributed by atoms with Crippen LogP contribution in [0.4, 0.5) is 0 Å². The van der Waals surface area contributed by atoms with Crippen LogP contribution in [0.3, 0.4) is 0 Å². The van der Waals surface area contributed by atoms with Crippen molar-refractivity contribution in [3.63, 3.8) is 0 Å². The molecule has 0 aromatic heterocycles. The fourth-order valence-corrected chi connectivity index (χ4v) is 8.78. The molecule has 0 spiro atoms. The first-order valence-corrected chi connectivity index (χ1v) is 18.8. The first-order valence-electron chi connectivity index (χ1n) is 18.8. The van der Waals surface area contributed by atoms with Crippen LogP contribution in [0.2, 0.25) is 0 Å². The number of rotatable bonds is 5. The van der Waals surface area contributed by atoms with Crippen molar-refractivity contribution in [3.05, 3.63) is 205 Å². The van der Waals surface area contributed by atoms with Gasteiger partial charge >= 0.3 is 0 Å². The van der Waals surface area contributed by atoms with Gasteiger partial charge in [-0.05, 0) is 148 Å². The highest BCUT2D eigenvalue weighted by Crippen LogP contribution is 2.46. The molecule has 0 saturated heterocycles. The second kappa shape index (κ2) is 13.0. The average Bonchev–Trinajstić information content (AvgIpc) is 3.22. The van der Waals surface area contributed by atoms with E-state index in [0.29, 0.717) is 0 Å². The van der Waals surface area contributed by atoms with Gasteiger partial charge in [0, 0.05) is 0 Å². The molecule has 254 valence electrons. The zero-order chi connectivity index (χ0) is 36.2.